The lowest BCUT2D eigenvalue weighted by atomic mass is 9.76. The Hall–Kier alpha value is -3.68. The molecule has 0 bridgehead atoms. The lowest BCUT2D eigenvalue weighted by molar-refractivity contribution is -0.146. The number of rotatable bonds is 6. The molecule has 1 aromatic carbocycles. The van der Waals surface area contributed by atoms with E-state index >= 15 is 0 Å². The lowest BCUT2D eigenvalue weighted by Gasteiger charge is -2.43. The van der Waals surface area contributed by atoms with Gasteiger partial charge in [0.2, 0.25) is 5.56 Å². The molecule has 1 N–H and O–H groups in total. The van der Waals surface area contributed by atoms with Gasteiger partial charge in [-0.3, -0.25) is 9.59 Å². The van der Waals surface area contributed by atoms with E-state index in [9.17, 15) is 23.9 Å². The van der Waals surface area contributed by atoms with E-state index in [1.54, 1.807) is 22.6 Å². The number of cyclic esters (lactones) is 1. The van der Waals surface area contributed by atoms with Crippen LogP contribution in [0.25, 0.3) is 0 Å². The number of benzene rings is 1. The van der Waals surface area contributed by atoms with Crippen LogP contribution >= 0.6 is 0 Å². The highest BCUT2D eigenvalue weighted by atomic mass is 19.1. The summed E-state index contributed by atoms with van der Waals surface area (Å²) in [6.45, 7) is 4.31. The number of ether oxygens (including phenoxy) is 1. The summed E-state index contributed by atoms with van der Waals surface area (Å²) < 4.78 is 20.8. The Labute approximate surface area is 203 Å². The van der Waals surface area contributed by atoms with Gasteiger partial charge in [-0.25, -0.2) is 9.18 Å². The van der Waals surface area contributed by atoms with Crippen LogP contribution in [-0.2, 0) is 27.6 Å². The zero-order chi connectivity index (χ0) is 25.4. The van der Waals surface area contributed by atoms with Crippen molar-refractivity contribution in [3.63, 3.8) is 0 Å². The summed E-state index contributed by atoms with van der Waals surface area (Å²) in [5.41, 5.74) is 0.754. The Kier molecular flexibility index (Phi) is 6.40. The van der Waals surface area contributed by atoms with Gasteiger partial charge >= 0.3 is 12.1 Å². The second kappa shape index (κ2) is 9.17. The monoisotopic (exact) mass is 480 g/mol. The molecule has 0 spiro atoms. The van der Waals surface area contributed by atoms with E-state index in [-0.39, 0.29) is 23.4 Å². The van der Waals surface area contributed by atoms with Gasteiger partial charge in [-0.05, 0) is 42.2 Å². The zero-order valence-electron chi connectivity index (χ0n) is 20.0. The molecule has 0 radical (unpaired) electrons. The molecule has 1 unspecified atom stereocenters. The Bertz CT molecular complexity index is 1270. The molecule has 2 aliphatic rings. The Morgan fingerprint density at radius 3 is 2.43 bits per heavy atom. The predicted molar refractivity (Wildman–Crippen MR) is 128 cm³/mol. The van der Waals surface area contributed by atoms with Gasteiger partial charge in [0.25, 0.3) is 0 Å². The number of carbonyl (C=O) groups excluding carboxylic acids is 1. The van der Waals surface area contributed by atoms with E-state index in [2.05, 4.69) is 19.1 Å². The quantitative estimate of drug-likeness (QED) is 0.667. The van der Waals surface area contributed by atoms with Crippen molar-refractivity contribution < 1.29 is 23.8 Å². The highest BCUT2D eigenvalue weighted by Gasteiger charge is 2.45. The standard InChI is InChI=1S/C27H29FN2O5/c1-18(19-10-12-26(2,13-11-19)21-6-9-23(31)29(3)17-21)30-15-14-27(16-24(32)33,35-25(30)34)20-4-7-22(28)8-5-20/h4-12,17-18H,13-16H2,1-3H3,(H,32,33)/t18-,26?,27-/m0/s1. The van der Waals surface area contributed by atoms with Crippen LogP contribution in [0.15, 0.2) is 71.2 Å². The van der Waals surface area contributed by atoms with Crippen LogP contribution < -0.4 is 5.56 Å². The fourth-order valence-electron chi connectivity index (χ4n) is 4.83. The number of carboxylic acids is 1. The molecule has 2 heterocycles. The Morgan fingerprint density at radius 2 is 1.86 bits per heavy atom. The first-order chi connectivity index (χ1) is 16.5. The molecule has 0 saturated carbocycles. The predicted octanol–water partition coefficient (Wildman–Crippen LogP) is 4.27. The first-order valence-corrected chi connectivity index (χ1v) is 11.6. The van der Waals surface area contributed by atoms with Crippen molar-refractivity contribution in [2.24, 2.45) is 7.05 Å². The molecule has 1 aliphatic carbocycles. The number of amides is 1. The van der Waals surface area contributed by atoms with Gasteiger partial charge in [-0.1, -0.05) is 43.4 Å². The molecule has 184 valence electrons. The van der Waals surface area contributed by atoms with E-state index in [1.165, 1.54) is 24.3 Å². The molecule has 1 fully saturated rings. The van der Waals surface area contributed by atoms with Gasteiger partial charge in [0, 0.05) is 37.7 Å². The summed E-state index contributed by atoms with van der Waals surface area (Å²) >= 11 is 0. The van der Waals surface area contributed by atoms with Crippen molar-refractivity contribution in [2.75, 3.05) is 6.54 Å². The third kappa shape index (κ3) is 4.78. The van der Waals surface area contributed by atoms with E-state index in [0.717, 1.165) is 11.1 Å². The van der Waals surface area contributed by atoms with E-state index in [1.807, 2.05) is 25.3 Å². The minimum atomic E-state index is -1.34. The number of carbonyl (C=O) groups is 2. The average Bonchev–Trinajstić information content (AvgIpc) is 2.81. The molecule has 1 aliphatic heterocycles. The zero-order valence-corrected chi connectivity index (χ0v) is 20.0. The highest BCUT2D eigenvalue weighted by Crippen LogP contribution is 2.40. The van der Waals surface area contributed by atoms with Gasteiger partial charge in [0.15, 0.2) is 5.60 Å². The molecule has 8 heteroatoms. The van der Waals surface area contributed by atoms with Crippen LogP contribution in [0.4, 0.5) is 9.18 Å². The van der Waals surface area contributed by atoms with E-state index in [4.69, 9.17) is 4.74 Å². The van der Waals surface area contributed by atoms with Crippen molar-refractivity contribution >= 4 is 12.1 Å². The third-order valence-electron chi connectivity index (χ3n) is 7.18. The van der Waals surface area contributed by atoms with Gasteiger partial charge < -0.3 is 19.3 Å². The SMILES string of the molecule is C[C@@H](C1=CCC(C)(c2ccc(=O)n(C)c2)C=C1)N1CC[C@](CC(=O)O)(c2ccc(F)cc2)OC1=O. The van der Waals surface area contributed by atoms with Gasteiger partial charge in [0.05, 0.1) is 12.5 Å². The minimum Gasteiger partial charge on any atom is -0.481 e. The van der Waals surface area contributed by atoms with Gasteiger partial charge in [-0.15, -0.1) is 0 Å². The fourth-order valence-corrected chi connectivity index (χ4v) is 4.83. The number of hydrogen-bond acceptors (Lipinski definition) is 4. The number of pyridine rings is 1. The number of aromatic nitrogens is 1. The summed E-state index contributed by atoms with van der Waals surface area (Å²) in [5, 5.41) is 9.47. The summed E-state index contributed by atoms with van der Waals surface area (Å²) in [5.74, 6) is -1.54. The molecule has 4 rings (SSSR count). The minimum absolute atomic E-state index is 0.0646. The maximum absolute atomic E-state index is 13.4. The van der Waals surface area contributed by atoms with E-state index in [0.29, 0.717) is 18.5 Å². The van der Waals surface area contributed by atoms with Crippen molar-refractivity contribution in [1.29, 1.82) is 0 Å². The average molecular weight is 481 g/mol. The van der Waals surface area contributed by atoms with Crippen LogP contribution in [0.5, 0.6) is 0 Å². The second-order valence-corrected chi connectivity index (χ2v) is 9.59. The largest absolute Gasteiger partial charge is 0.481 e. The molecule has 7 nitrogen and oxygen atoms in total. The summed E-state index contributed by atoms with van der Waals surface area (Å²) in [6.07, 6.45) is 7.97. The van der Waals surface area contributed by atoms with Crippen molar-refractivity contribution in [3.05, 3.63) is 93.7 Å². The smallest absolute Gasteiger partial charge is 0.411 e. The number of aryl methyl sites for hydroxylation is 1. The van der Waals surface area contributed by atoms with Gasteiger partial charge in [-0.2, -0.15) is 0 Å². The maximum Gasteiger partial charge on any atom is 0.411 e. The van der Waals surface area contributed by atoms with Crippen LogP contribution in [0.1, 0.15) is 44.2 Å². The topological polar surface area (TPSA) is 88.8 Å². The number of carboxylic acid groups (broad SMARTS) is 1. The van der Waals surface area contributed by atoms with Crippen LogP contribution in [-0.4, -0.2) is 39.2 Å². The fraction of sp³-hybridized carbons (Fsp3) is 0.370. The normalized spacial score (nSPS) is 25.1. The molecule has 35 heavy (non-hydrogen) atoms. The first kappa shape index (κ1) is 24.4. The molecule has 1 amide bonds. The lowest BCUT2D eigenvalue weighted by Crippen LogP contribution is -2.52. The molecule has 3 atom stereocenters. The van der Waals surface area contributed by atoms with Gasteiger partial charge in [0.1, 0.15) is 5.82 Å². The first-order valence-electron chi connectivity index (χ1n) is 11.6. The summed E-state index contributed by atoms with van der Waals surface area (Å²) in [6, 6.07) is 8.54. The van der Waals surface area contributed by atoms with Crippen molar-refractivity contribution in [1.82, 2.24) is 9.47 Å². The number of aliphatic carboxylic acids is 1. The summed E-state index contributed by atoms with van der Waals surface area (Å²) in [4.78, 5) is 38.0. The molecular formula is C27H29FN2O5. The third-order valence-corrected chi connectivity index (χ3v) is 7.18. The number of halogens is 1. The van der Waals surface area contributed by atoms with Crippen LogP contribution in [0.3, 0.4) is 0 Å². The maximum atomic E-state index is 13.4. The molecule has 1 aromatic heterocycles. The Balaban J connectivity index is 1.51. The van der Waals surface area contributed by atoms with Crippen molar-refractivity contribution in [2.45, 2.75) is 50.2 Å². The van der Waals surface area contributed by atoms with Crippen molar-refractivity contribution in [3.8, 4) is 0 Å². The van der Waals surface area contributed by atoms with E-state index < -0.39 is 29.9 Å². The Morgan fingerprint density at radius 1 is 1.17 bits per heavy atom. The number of nitrogens with zero attached hydrogens (tertiary/aromatic N) is 2. The molecule has 2 aromatic rings. The molecule has 1 saturated heterocycles. The number of allylic oxidation sites excluding steroid dienone is 2. The van der Waals surface area contributed by atoms with Crippen LogP contribution in [0, 0.1) is 5.82 Å². The summed E-state index contributed by atoms with van der Waals surface area (Å²) in [7, 11) is 1.73. The van der Waals surface area contributed by atoms with Crippen LogP contribution in [0.2, 0.25) is 0 Å². The molecular weight excluding hydrogens is 451 g/mol. The highest BCUT2D eigenvalue weighted by molar-refractivity contribution is 5.74. The second-order valence-electron chi connectivity index (χ2n) is 9.59. The number of hydrogen-bond donors (Lipinski definition) is 1.